The van der Waals surface area contributed by atoms with Crippen molar-refractivity contribution < 1.29 is 9.66 Å². The highest BCUT2D eigenvalue weighted by atomic mass is 35.5. The van der Waals surface area contributed by atoms with Gasteiger partial charge < -0.3 is 9.64 Å². The number of halogens is 1. The van der Waals surface area contributed by atoms with Crippen LogP contribution in [-0.2, 0) is 0 Å². The van der Waals surface area contributed by atoms with Gasteiger partial charge in [-0.05, 0) is 24.3 Å². The number of hydrogen-bond donors (Lipinski definition) is 0. The molecule has 20 heavy (non-hydrogen) atoms. The summed E-state index contributed by atoms with van der Waals surface area (Å²) in [4.78, 5) is 12.4. The van der Waals surface area contributed by atoms with Crippen LogP contribution in [0.3, 0.4) is 0 Å². The number of methoxy groups -OCH3 is 1. The molecule has 0 heterocycles. The zero-order valence-corrected chi connectivity index (χ0v) is 11.8. The fourth-order valence-corrected chi connectivity index (χ4v) is 2.23. The van der Waals surface area contributed by atoms with E-state index in [4.69, 9.17) is 16.3 Å². The van der Waals surface area contributed by atoms with Gasteiger partial charge in [-0.1, -0.05) is 29.8 Å². The topological polar surface area (TPSA) is 55.6 Å². The van der Waals surface area contributed by atoms with Crippen LogP contribution in [0.5, 0.6) is 5.75 Å². The molecule has 0 fully saturated rings. The molecule has 0 bridgehead atoms. The zero-order valence-electron chi connectivity index (χ0n) is 11.0. The van der Waals surface area contributed by atoms with Crippen molar-refractivity contribution in [2.75, 3.05) is 19.1 Å². The monoisotopic (exact) mass is 292 g/mol. The summed E-state index contributed by atoms with van der Waals surface area (Å²) in [5, 5.41) is 11.3. The fraction of sp³-hybridized carbons (Fsp3) is 0.143. The van der Waals surface area contributed by atoms with E-state index in [0.717, 1.165) is 5.69 Å². The van der Waals surface area contributed by atoms with E-state index in [1.807, 2.05) is 18.2 Å². The Bertz CT molecular complexity index is 646. The molecular formula is C14H13ClN2O3. The summed E-state index contributed by atoms with van der Waals surface area (Å²) < 4.78 is 5.27. The molecule has 104 valence electrons. The molecule has 2 aromatic carbocycles. The Morgan fingerprint density at radius 1 is 1.15 bits per heavy atom. The first-order chi connectivity index (χ1) is 9.56. The van der Waals surface area contributed by atoms with E-state index in [0.29, 0.717) is 11.4 Å². The van der Waals surface area contributed by atoms with Crippen molar-refractivity contribution in [3.05, 3.63) is 57.6 Å². The largest absolute Gasteiger partial charge is 0.495 e. The van der Waals surface area contributed by atoms with Gasteiger partial charge in [-0.15, -0.1) is 0 Å². The normalized spacial score (nSPS) is 10.2. The van der Waals surface area contributed by atoms with E-state index in [1.54, 1.807) is 37.3 Å². The van der Waals surface area contributed by atoms with Gasteiger partial charge in [0.15, 0.2) is 0 Å². The summed E-state index contributed by atoms with van der Waals surface area (Å²) in [6, 6.07) is 12.1. The van der Waals surface area contributed by atoms with Crippen molar-refractivity contribution in [3.63, 3.8) is 0 Å². The molecule has 0 aliphatic rings. The maximum atomic E-state index is 11.2. The lowest BCUT2D eigenvalue weighted by molar-refractivity contribution is -0.383. The van der Waals surface area contributed by atoms with Crippen LogP contribution < -0.4 is 9.64 Å². The number of nitrogens with zero attached hydrogens (tertiary/aromatic N) is 2. The van der Waals surface area contributed by atoms with Crippen LogP contribution in [0.25, 0.3) is 0 Å². The quantitative estimate of drug-likeness (QED) is 0.631. The van der Waals surface area contributed by atoms with E-state index >= 15 is 0 Å². The van der Waals surface area contributed by atoms with Crippen LogP contribution in [0.1, 0.15) is 0 Å². The second-order valence-corrected chi connectivity index (χ2v) is 4.50. The van der Waals surface area contributed by atoms with E-state index < -0.39 is 4.92 Å². The number of nitro groups is 1. The summed E-state index contributed by atoms with van der Waals surface area (Å²) in [5.41, 5.74) is 1.01. The van der Waals surface area contributed by atoms with Crippen LogP contribution in [0.2, 0.25) is 5.02 Å². The number of rotatable bonds is 4. The maximum absolute atomic E-state index is 11.2. The number of ether oxygens (including phenoxy) is 1. The molecule has 0 radical (unpaired) electrons. The molecule has 5 nitrogen and oxygen atoms in total. The highest BCUT2D eigenvalue weighted by Gasteiger charge is 2.23. The average Bonchev–Trinajstić information content (AvgIpc) is 2.45. The minimum Gasteiger partial charge on any atom is -0.495 e. The summed E-state index contributed by atoms with van der Waals surface area (Å²) in [6.07, 6.45) is 0. The van der Waals surface area contributed by atoms with Gasteiger partial charge in [-0.25, -0.2) is 0 Å². The van der Waals surface area contributed by atoms with Crippen molar-refractivity contribution >= 4 is 28.7 Å². The van der Waals surface area contributed by atoms with E-state index in [2.05, 4.69) is 0 Å². The molecule has 0 unspecified atom stereocenters. The fourth-order valence-electron chi connectivity index (χ4n) is 1.99. The zero-order chi connectivity index (χ0) is 14.7. The van der Waals surface area contributed by atoms with Crippen molar-refractivity contribution in [2.24, 2.45) is 0 Å². The highest BCUT2D eigenvalue weighted by molar-refractivity contribution is 6.33. The van der Waals surface area contributed by atoms with Crippen LogP contribution >= 0.6 is 11.6 Å². The minimum atomic E-state index is -0.483. The lowest BCUT2D eigenvalue weighted by Gasteiger charge is -2.21. The molecule has 0 saturated carbocycles. The standard InChI is InChI=1S/C14H13ClN2O3/c1-16(11-7-3-4-9-13(11)20-2)12-8-5-6-10(15)14(12)17(18)19/h3-9H,1-2H3. The molecule has 6 heteroatoms. The van der Waals surface area contributed by atoms with Gasteiger partial charge in [0.2, 0.25) is 0 Å². The Morgan fingerprint density at radius 2 is 1.80 bits per heavy atom. The van der Waals surface area contributed by atoms with E-state index in [9.17, 15) is 10.1 Å². The average molecular weight is 293 g/mol. The van der Waals surface area contributed by atoms with Crippen LogP contribution in [-0.4, -0.2) is 19.1 Å². The summed E-state index contributed by atoms with van der Waals surface area (Å²) in [5.74, 6) is 0.629. The number of hydrogen-bond acceptors (Lipinski definition) is 4. The van der Waals surface area contributed by atoms with Crippen molar-refractivity contribution in [1.29, 1.82) is 0 Å². The second-order valence-electron chi connectivity index (χ2n) is 4.10. The first-order valence-corrected chi connectivity index (χ1v) is 6.23. The molecule has 2 aromatic rings. The molecule has 0 aliphatic carbocycles. The summed E-state index contributed by atoms with van der Waals surface area (Å²) >= 11 is 5.93. The molecule has 0 N–H and O–H groups in total. The molecular weight excluding hydrogens is 280 g/mol. The number of nitro benzene ring substituents is 1. The highest BCUT2D eigenvalue weighted by Crippen LogP contribution is 2.40. The Hall–Kier alpha value is -2.27. The molecule has 0 aromatic heterocycles. The second kappa shape index (κ2) is 5.79. The minimum absolute atomic E-state index is 0.106. The van der Waals surface area contributed by atoms with Crippen LogP contribution in [0.4, 0.5) is 17.1 Å². The van der Waals surface area contributed by atoms with Gasteiger partial charge in [-0.3, -0.25) is 10.1 Å². The van der Waals surface area contributed by atoms with E-state index in [-0.39, 0.29) is 10.7 Å². The van der Waals surface area contributed by atoms with Gasteiger partial charge >= 0.3 is 5.69 Å². The van der Waals surface area contributed by atoms with Gasteiger partial charge in [0.1, 0.15) is 16.5 Å². The maximum Gasteiger partial charge on any atom is 0.311 e. The van der Waals surface area contributed by atoms with Crippen LogP contribution in [0.15, 0.2) is 42.5 Å². The molecule has 2 rings (SSSR count). The third kappa shape index (κ3) is 2.53. The van der Waals surface area contributed by atoms with E-state index in [1.165, 1.54) is 6.07 Å². The van der Waals surface area contributed by atoms with Crippen molar-refractivity contribution in [2.45, 2.75) is 0 Å². The lowest BCUT2D eigenvalue weighted by Crippen LogP contribution is -2.12. The Balaban J connectivity index is 2.57. The predicted octanol–water partition coefficient (Wildman–Crippen LogP) is 4.02. The molecule has 0 spiro atoms. The van der Waals surface area contributed by atoms with Gasteiger partial charge in [0, 0.05) is 7.05 Å². The third-order valence-electron chi connectivity index (χ3n) is 2.96. The molecule has 0 aliphatic heterocycles. The van der Waals surface area contributed by atoms with Gasteiger partial charge in [-0.2, -0.15) is 0 Å². The van der Waals surface area contributed by atoms with Crippen molar-refractivity contribution in [3.8, 4) is 5.75 Å². The first-order valence-electron chi connectivity index (χ1n) is 5.86. The summed E-state index contributed by atoms with van der Waals surface area (Å²) in [6.45, 7) is 0. The van der Waals surface area contributed by atoms with Crippen LogP contribution in [0, 0.1) is 10.1 Å². The molecule has 0 saturated heterocycles. The Labute approximate surface area is 121 Å². The third-order valence-corrected chi connectivity index (χ3v) is 3.26. The lowest BCUT2D eigenvalue weighted by atomic mass is 10.2. The summed E-state index contributed by atoms with van der Waals surface area (Å²) in [7, 11) is 3.29. The SMILES string of the molecule is COc1ccccc1N(C)c1cccc(Cl)c1[N+](=O)[O-]. The first kappa shape index (κ1) is 14.1. The Morgan fingerprint density at radius 3 is 2.45 bits per heavy atom. The number of para-hydroxylation sites is 3. The smallest absolute Gasteiger partial charge is 0.311 e. The number of benzene rings is 2. The molecule has 0 atom stereocenters. The Kier molecular flexibility index (Phi) is 4.10. The van der Waals surface area contributed by atoms with Gasteiger partial charge in [0.25, 0.3) is 0 Å². The molecule has 0 amide bonds. The predicted molar refractivity (Wildman–Crippen MR) is 79.2 cm³/mol. The van der Waals surface area contributed by atoms with Crippen molar-refractivity contribution in [1.82, 2.24) is 0 Å². The van der Waals surface area contributed by atoms with Gasteiger partial charge in [0.05, 0.1) is 17.7 Å². The number of anilines is 2.